The number of benzene rings is 1. The van der Waals surface area contributed by atoms with E-state index in [9.17, 15) is 9.18 Å². The maximum Gasteiger partial charge on any atom is 0.275 e. The highest BCUT2D eigenvalue weighted by molar-refractivity contribution is 7.14. The molecule has 0 spiro atoms. The second-order valence-corrected chi connectivity index (χ2v) is 5.39. The second-order valence-electron chi connectivity index (χ2n) is 4.53. The largest absolute Gasteiger partial charge is 0.296 e. The summed E-state index contributed by atoms with van der Waals surface area (Å²) in [6.07, 6.45) is 1.59. The summed E-state index contributed by atoms with van der Waals surface area (Å²) in [6, 6.07) is 7.73. The van der Waals surface area contributed by atoms with Crippen LogP contribution in [0.15, 0.2) is 41.9 Å². The Balaban J connectivity index is 1.77. The number of nitrogens with zero attached hydrogens (tertiary/aromatic N) is 3. The third-order valence-corrected chi connectivity index (χ3v) is 3.87. The van der Waals surface area contributed by atoms with E-state index in [-0.39, 0.29) is 11.7 Å². The van der Waals surface area contributed by atoms with Crippen LogP contribution in [0, 0.1) is 5.82 Å². The molecule has 5 nitrogen and oxygen atoms in total. The van der Waals surface area contributed by atoms with Crippen molar-refractivity contribution >= 4 is 22.4 Å². The lowest BCUT2D eigenvalue weighted by molar-refractivity contribution is 0.101. The molecular weight excluding hydrogens is 303 g/mol. The average molecular weight is 316 g/mol. The van der Waals surface area contributed by atoms with Gasteiger partial charge in [-0.25, -0.2) is 9.37 Å². The van der Waals surface area contributed by atoms with Gasteiger partial charge in [-0.3, -0.25) is 14.8 Å². The van der Waals surface area contributed by atoms with Crippen LogP contribution in [0.1, 0.15) is 17.4 Å². The van der Waals surface area contributed by atoms with Crippen LogP contribution in [0.2, 0.25) is 0 Å². The van der Waals surface area contributed by atoms with Gasteiger partial charge in [-0.2, -0.15) is 5.10 Å². The minimum Gasteiger partial charge on any atom is -0.296 e. The van der Waals surface area contributed by atoms with Crippen molar-refractivity contribution in [3.8, 4) is 11.3 Å². The van der Waals surface area contributed by atoms with Crippen molar-refractivity contribution in [1.82, 2.24) is 14.8 Å². The molecule has 1 N–H and O–H groups in total. The Kier molecular flexibility index (Phi) is 3.97. The number of hydrogen-bond acceptors (Lipinski definition) is 4. The van der Waals surface area contributed by atoms with E-state index in [1.165, 1.54) is 23.5 Å². The molecule has 22 heavy (non-hydrogen) atoms. The maximum absolute atomic E-state index is 12.9. The predicted molar refractivity (Wildman–Crippen MR) is 83.4 cm³/mol. The molecule has 2 heterocycles. The first-order chi connectivity index (χ1) is 10.7. The molecule has 112 valence electrons. The monoisotopic (exact) mass is 316 g/mol. The Labute approximate surface area is 130 Å². The summed E-state index contributed by atoms with van der Waals surface area (Å²) in [5, 5.41) is 9.13. The molecule has 0 atom stereocenters. The van der Waals surface area contributed by atoms with Crippen molar-refractivity contribution in [2.45, 2.75) is 13.5 Å². The zero-order valence-corrected chi connectivity index (χ0v) is 12.6. The zero-order valence-electron chi connectivity index (χ0n) is 11.8. The predicted octanol–water partition coefficient (Wildman–Crippen LogP) is 3.42. The molecule has 3 aromatic rings. The van der Waals surface area contributed by atoms with E-state index < -0.39 is 0 Å². The highest BCUT2D eigenvalue weighted by atomic mass is 32.1. The van der Waals surface area contributed by atoms with Gasteiger partial charge in [0.05, 0.1) is 5.69 Å². The third-order valence-electron chi connectivity index (χ3n) is 3.11. The molecule has 0 aliphatic carbocycles. The van der Waals surface area contributed by atoms with Crippen LogP contribution in [0.25, 0.3) is 11.3 Å². The number of hydrogen-bond donors (Lipinski definition) is 1. The molecule has 0 aliphatic rings. The van der Waals surface area contributed by atoms with Crippen molar-refractivity contribution in [2.75, 3.05) is 5.32 Å². The Morgan fingerprint density at radius 2 is 2.09 bits per heavy atom. The van der Waals surface area contributed by atoms with Crippen molar-refractivity contribution < 1.29 is 9.18 Å². The molecule has 3 rings (SSSR count). The van der Waals surface area contributed by atoms with Gasteiger partial charge >= 0.3 is 0 Å². The SMILES string of the molecule is CCn1nccc1C(=O)Nc1nc(-c2ccc(F)cc2)cs1. The minimum absolute atomic E-state index is 0.251. The van der Waals surface area contributed by atoms with Crippen LogP contribution < -0.4 is 5.32 Å². The second kappa shape index (κ2) is 6.07. The molecule has 0 saturated carbocycles. The van der Waals surface area contributed by atoms with Crippen LogP contribution in [-0.2, 0) is 6.54 Å². The smallest absolute Gasteiger partial charge is 0.275 e. The highest BCUT2D eigenvalue weighted by Crippen LogP contribution is 2.25. The van der Waals surface area contributed by atoms with E-state index in [0.717, 1.165) is 5.56 Å². The Morgan fingerprint density at radius 3 is 2.82 bits per heavy atom. The number of thiazole rings is 1. The molecule has 0 unspecified atom stereocenters. The molecule has 0 fully saturated rings. The number of anilines is 1. The van der Waals surface area contributed by atoms with Gasteiger partial charge < -0.3 is 0 Å². The van der Waals surface area contributed by atoms with Gasteiger partial charge in [0, 0.05) is 23.7 Å². The number of aryl methyl sites for hydroxylation is 1. The molecule has 1 aromatic carbocycles. The third kappa shape index (κ3) is 2.89. The summed E-state index contributed by atoms with van der Waals surface area (Å²) >= 11 is 1.32. The van der Waals surface area contributed by atoms with E-state index in [0.29, 0.717) is 23.1 Å². The van der Waals surface area contributed by atoms with Gasteiger partial charge in [0.15, 0.2) is 5.13 Å². The normalized spacial score (nSPS) is 10.6. The fraction of sp³-hybridized carbons (Fsp3) is 0.133. The minimum atomic E-state index is -0.291. The summed E-state index contributed by atoms with van der Waals surface area (Å²) < 4.78 is 14.5. The lowest BCUT2D eigenvalue weighted by atomic mass is 10.2. The van der Waals surface area contributed by atoms with Crippen LogP contribution in [0.4, 0.5) is 9.52 Å². The number of amides is 1. The van der Waals surface area contributed by atoms with E-state index in [1.807, 2.05) is 12.3 Å². The molecule has 2 aromatic heterocycles. The lowest BCUT2D eigenvalue weighted by Crippen LogP contribution is -2.17. The quantitative estimate of drug-likeness (QED) is 0.802. The standard InChI is InChI=1S/C15H13FN4OS/c1-2-20-13(7-8-17-20)14(21)19-15-18-12(9-22-15)10-3-5-11(16)6-4-10/h3-9H,2H2,1H3,(H,18,19,21). The van der Waals surface area contributed by atoms with Gasteiger partial charge in [0.2, 0.25) is 0 Å². The van der Waals surface area contributed by atoms with Gasteiger partial charge in [0.1, 0.15) is 11.5 Å². The van der Waals surface area contributed by atoms with Crippen LogP contribution in [0.5, 0.6) is 0 Å². The van der Waals surface area contributed by atoms with E-state index >= 15 is 0 Å². The molecule has 0 radical (unpaired) electrons. The Hall–Kier alpha value is -2.54. The number of nitrogens with one attached hydrogen (secondary N) is 1. The number of rotatable bonds is 4. The first-order valence-electron chi connectivity index (χ1n) is 6.72. The topological polar surface area (TPSA) is 59.8 Å². The fourth-order valence-electron chi connectivity index (χ4n) is 2.02. The molecule has 1 amide bonds. The van der Waals surface area contributed by atoms with Gasteiger partial charge in [-0.1, -0.05) is 0 Å². The van der Waals surface area contributed by atoms with Gasteiger partial charge in [-0.05, 0) is 37.3 Å². The summed E-state index contributed by atoms with van der Waals surface area (Å²) in [4.78, 5) is 16.5. The lowest BCUT2D eigenvalue weighted by Gasteiger charge is -2.03. The summed E-state index contributed by atoms with van der Waals surface area (Å²) in [5.74, 6) is -0.542. The molecule has 0 bridgehead atoms. The summed E-state index contributed by atoms with van der Waals surface area (Å²) in [5.41, 5.74) is 1.99. The van der Waals surface area contributed by atoms with Crippen molar-refractivity contribution in [2.24, 2.45) is 0 Å². The Morgan fingerprint density at radius 1 is 1.32 bits per heavy atom. The maximum atomic E-state index is 12.9. The van der Waals surface area contributed by atoms with Crippen LogP contribution in [-0.4, -0.2) is 20.7 Å². The summed E-state index contributed by atoms with van der Waals surface area (Å²) in [7, 11) is 0. The number of carbonyl (C=O) groups is 1. The van der Waals surface area contributed by atoms with E-state index in [2.05, 4.69) is 15.4 Å². The van der Waals surface area contributed by atoms with Crippen molar-refractivity contribution in [3.63, 3.8) is 0 Å². The van der Waals surface area contributed by atoms with Crippen molar-refractivity contribution in [1.29, 1.82) is 0 Å². The average Bonchev–Trinajstić information content (AvgIpc) is 3.16. The molecular formula is C15H13FN4OS. The van der Waals surface area contributed by atoms with Gasteiger partial charge in [-0.15, -0.1) is 11.3 Å². The van der Waals surface area contributed by atoms with Crippen LogP contribution >= 0.6 is 11.3 Å². The molecule has 7 heteroatoms. The number of halogens is 1. The summed E-state index contributed by atoms with van der Waals surface area (Å²) in [6.45, 7) is 2.54. The van der Waals surface area contributed by atoms with E-state index in [4.69, 9.17) is 0 Å². The van der Waals surface area contributed by atoms with Gasteiger partial charge in [0.25, 0.3) is 5.91 Å². The number of carbonyl (C=O) groups excluding carboxylic acids is 1. The first kappa shape index (κ1) is 14.4. The van der Waals surface area contributed by atoms with Crippen molar-refractivity contribution in [3.05, 3.63) is 53.4 Å². The first-order valence-corrected chi connectivity index (χ1v) is 7.60. The van der Waals surface area contributed by atoms with Crippen LogP contribution in [0.3, 0.4) is 0 Å². The fourth-order valence-corrected chi connectivity index (χ4v) is 2.74. The molecule has 0 saturated heterocycles. The number of aromatic nitrogens is 3. The zero-order chi connectivity index (χ0) is 15.5. The highest BCUT2D eigenvalue weighted by Gasteiger charge is 2.13. The Bertz CT molecular complexity index is 794. The van der Waals surface area contributed by atoms with E-state index in [1.54, 1.807) is 29.1 Å². The molecule has 0 aliphatic heterocycles.